The van der Waals surface area contributed by atoms with Crippen LogP contribution in [-0.2, 0) is 11.3 Å². The maximum atomic E-state index is 5.56. The average Bonchev–Trinajstić information content (AvgIpc) is 2.80. The summed E-state index contributed by atoms with van der Waals surface area (Å²) in [5.41, 5.74) is 1.24. The van der Waals surface area contributed by atoms with Crippen LogP contribution in [0.1, 0.15) is 45.7 Å². The first kappa shape index (κ1) is 15.2. The molecule has 0 bridgehead atoms. The summed E-state index contributed by atoms with van der Waals surface area (Å²) < 4.78 is 7.52. The van der Waals surface area contributed by atoms with Crippen LogP contribution in [0.3, 0.4) is 0 Å². The van der Waals surface area contributed by atoms with E-state index in [0.717, 1.165) is 32.7 Å². The predicted octanol–water partition coefficient (Wildman–Crippen LogP) is 2.62. The molecule has 4 nitrogen and oxygen atoms in total. The molecule has 1 aromatic heterocycles. The van der Waals surface area contributed by atoms with Gasteiger partial charge in [0.25, 0.3) is 0 Å². The molecule has 0 fully saturated rings. The first-order valence-corrected chi connectivity index (χ1v) is 6.97. The van der Waals surface area contributed by atoms with Gasteiger partial charge >= 0.3 is 0 Å². The van der Waals surface area contributed by atoms with Crippen LogP contribution in [0.5, 0.6) is 0 Å². The van der Waals surface area contributed by atoms with E-state index in [4.69, 9.17) is 4.74 Å². The van der Waals surface area contributed by atoms with Crippen LogP contribution >= 0.6 is 0 Å². The van der Waals surface area contributed by atoms with Crippen molar-refractivity contribution < 1.29 is 4.74 Å². The molecule has 1 N–H and O–H groups in total. The fourth-order valence-corrected chi connectivity index (χ4v) is 1.68. The zero-order valence-electron chi connectivity index (χ0n) is 12.1. The van der Waals surface area contributed by atoms with E-state index >= 15 is 0 Å². The van der Waals surface area contributed by atoms with E-state index in [0.29, 0.717) is 12.0 Å². The van der Waals surface area contributed by atoms with Gasteiger partial charge in [-0.15, -0.1) is 0 Å². The van der Waals surface area contributed by atoms with E-state index in [-0.39, 0.29) is 0 Å². The van der Waals surface area contributed by atoms with Crippen LogP contribution in [0, 0.1) is 5.92 Å². The van der Waals surface area contributed by atoms with Crippen LogP contribution in [0.15, 0.2) is 12.4 Å². The van der Waals surface area contributed by atoms with Crippen molar-refractivity contribution in [2.24, 2.45) is 5.92 Å². The molecule has 0 saturated carbocycles. The summed E-state index contributed by atoms with van der Waals surface area (Å²) in [6.07, 6.45) is 5.20. The van der Waals surface area contributed by atoms with Crippen molar-refractivity contribution in [3.8, 4) is 0 Å². The molecule has 18 heavy (non-hydrogen) atoms. The highest BCUT2D eigenvalue weighted by Gasteiger charge is 2.06. The molecule has 4 heteroatoms. The molecule has 0 radical (unpaired) electrons. The van der Waals surface area contributed by atoms with Gasteiger partial charge < -0.3 is 10.1 Å². The highest BCUT2D eigenvalue weighted by Crippen LogP contribution is 2.10. The largest absolute Gasteiger partial charge is 0.379 e. The van der Waals surface area contributed by atoms with Gasteiger partial charge in [0.15, 0.2) is 0 Å². The number of aromatic nitrogens is 2. The van der Waals surface area contributed by atoms with Crippen molar-refractivity contribution in [1.29, 1.82) is 0 Å². The molecule has 1 unspecified atom stereocenters. The molecule has 0 spiro atoms. The third-order valence-electron chi connectivity index (χ3n) is 2.77. The summed E-state index contributed by atoms with van der Waals surface area (Å²) in [6, 6.07) is 0.371. The molecular formula is C14H27N3O. The Morgan fingerprint density at radius 3 is 2.83 bits per heavy atom. The second-order valence-electron chi connectivity index (χ2n) is 5.18. The van der Waals surface area contributed by atoms with E-state index in [2.05, 4.69) is 44.3 Å². The average molecular weight is 253 g/mol. The Hall–Kier alpha value is -0.870. The van der Waals surface area contributed by atoms with Crippen molar-refractivity contribution in [1.82, 2.24) is 15.1 Å². The molecule has 104 valence electrons. The Balaban J connectivity index is 2.29. The molecule has 0 aliphatic heterocycles. The first-order valence-electron chi connectivity index (χ1n) is 6.97. The summed E-state index contributed by atoms with van der Waals surface area (Å²) in [6.45, 7) is 12.1. The highest BCUT2D eigenvalue weighted by molar-refractivity contribution is 5.09. The quantitative estimate of drug-likeness (QED) is 0.688. The lowest BCUT2D eigenvalue weighted by atomic mass is 10.2. The molecular weight excluding hydrogens is 226 g/mol. The summed E-state index contributed by atoms with van der Waals surface area (Å²) in [5.74, 6) is 0.594. The third-order valence-corrected chi connectivity index (χ3v) is 2.77. The Bertz CT molecular complexity index is 323. The monoisotopic (exact) mass is 253 g/mol. The van der Waals surface area contributed by atoms with Gasteiger partial charge in [-0.05, 0) is 25.8 Å². The van der Waals surface area contributed by atoms with Gasteiger partial charge in [-0.25, -0.2) is 0 Å². The van der Waals surface area contributed by atoms with Crippen LogP contribution in [0.2, 0.25) is 0 Å². The van der Waals surface area contributed by atoms with Crippen molar-refractivity contribution in [2.75, 3.05) is 19.8 Å². The van der Waals surface area contributed by atoms with Gasteiger partial charge in [0.2, 0.25) is 0 Å². The topological polar surface area (TPSA) is 39.1 Å². The summed E-state index contributed by atoms with van der Waals surface area (Å²) in [5, 5.41) is 7.82. The Labute approximate surface area is 111 Å². The van der Waals surface area contributed by atoms with Crippen molar-refractivity contribution in [2.45, 2.75) is 46.7 Å². The number of ether oxygens (including phenoxy) is 1. The zero-order valence-corrected chi connectivity index (χ0v) is 12.1. The summed E-state index contributed by atoms with van der Waals surface area (Å²) >= 11 is 0. The molecule has 0 aromatic carbocycles. The van der Waals surface area contributed by atoms with Gasteiger partial charge in [0.1, 0.15) is 0 Å². The van der Waals surface area contributed by atoms with Crippen LogP contribution < -0.4 is 5.32 Å². The SMILES string of the molecule is CCCNC(C)c1cnn(CCOCC(C)C)c1. The molecule has 0 amide bonds. The van der Waals surface area contributed by atoms with Gasteiger partial charge in [0, 0.05) is 24.4 Å². The smallest absolute Gasteiger partial charge is 0.0662 e. The Morgan fingerprint density at radius 1 is 1.39 bits per heavy atom. The molecule has 1 rings (SSSR count). The minimum atomic E-state index is 0.371. The second kappa shape index (κ2) is 8.27. The van der Waals surface area contributed by atoms with E-state index in [9.17, 15) is 0 Å². The molecule has 1 heterocycles. The highest BCUT2D eigenvalue weighted by atomic mass is 16.5. The number of hydrogen-bond acceptors (Lipinski definition) is 3. The Kier molecular flexibility index (Phi) is 6.98. The van der Waals surface area contributed by atoms with E-state index < -0.39 is 0 Å². The molecule has 0 aliphatic rings. The minimum Gasteiger partial charge on any atom is -0.379 e. The summed E-state index contributed by atoms with van der Waals surface area (Å²) in [4.78, 5) is 0. The standard InChI is InChI=1S/C14H27N3O/c1-5-6-15-13(4)14-9-16-17(10-14)7-8-18-11-12(2)3/h9-10,12-13,15H,5-8,11H2,1-4H3. The number of nitrogens with zero attached hydrogens (tertiary/aromatic N) is 2. The van der Waals surface area contributed by atoms with E-state index in [1.54, 1.807) is 0 Å². The fourth-order valence-electron chi connectivity index (χ4n) is 1.68. The molecule has 0 saturated heterocycles. The number of hydrogen-bond donors (Lipinski definition) is 1. The van der Waals surface area contributed by atoms with E-state index in [1.165, 1.54) is 5.56 Å². The van der Waals surface area contributed by atoms with Crippen molar-refractivity contribution in [3.63, 3.8) is 0 Å². The Morgan fingerprint density at radius 2 is 2.17 bits per heavy atom. The lowest BCUT2D eigenvalue weighted by Crippen LogP contribution is -2.18. The van der Waals surface area contributed by atoms with Gasteiger partial charge in [-0.2, -0.15) is 5.10 Å². The maximum absolute atomic E-state index is 5.56. The molecule has 1 atom stereocenters. The van der Waals surface area contributed by atoms with Crippen molar-refractivity contribution >= 4 is 0 Å². The lowest BCUT2D eigenvalue weighted by Gasteiger charge is -2.10. The maximum Gasteiger partial charge on any atom is 0.0662 e. The van der Waals surface area contributed by atoms with Gasteiger partial charge in [0.05, 0.1) is 19.3 Å². The second-order valence-corrected chi connectivity index (χ2v) is 5.18. The van der Waals surface area contributed by atoms with E-state index in [1.807, 2.05) is 10.9 Å². The van der Waals surface area contributed by atoms with Crippen LogP contribution in [0.25, 0.3) is 0 Å². The first-order chi connectivity index (χ1) is 8.63. The number of nitrogens with one attached hydrogen (secondary N) is 1. The van der Waals surface area contributed by atoms with Crippen LogP contribution in [-0.4, -0.2) is 29.5 Å². The van der Waals surface area contributed by atoms with Gasteiger partial charge in [-0.1, -0.05) is 20.8 Å². The number of rotatable bonds is 9. The normalized spacial score (nSPS) is 13.2. The zero-order chi connectivity index (χ0) is 13.4. The molecule has 1 aromatic rings. The van der Waals surface area contributed by atoms with Gasteiger partial charge in [-0.3, -0.25) is 4.68 Å². The third kappa shape index (κ3) is 5.65. The summed E-state index contributed by atoms with van der Waals surface area (Å²) in [7, 11) is 0. The molecule has 0 aliphatic carbocycles. The van der Waals surface area contributed by atoms with Crippen molar-refractivity contribution in [3.05, 3.63) is 18.0 Å². The predicted molar refractivity (Wildman–Crippen MR) is 74.6 cm³/mol. The lowest BCUT2D eigenvalue weighted by molar-refractivity contribution is 0.101. The van der Waals surface area contributed by atoms with Crippen LogP contribution in [0.4, 0.5) is 0 Å². The fraction of sp³-hybridized carbons (Fsp3) is 0.786. The minimum absolute atomic E-state index is 0.371.